The van der Waals surface area contributed by atoms with Crippen molar-refractivity contribution in [3.05, 3.63) is 36.0 Å². The first-order valence-corrected chi connectivity index (χ1v) is 6.30. The number of hydrogen-bond acceptors (Lipinski definition) is 2. The van der Waals surface area contributed by atoms with Crippen LogP contribution in [0.25, 0.3) is 10.9 Å². The number of methoxy groups -OCH3 is 1. The highest BCUT2D eigenvalue weighted by atomic mass is 16.5. The third kappa shape index (κ3) is 2.13. The molecule has 0 bridgehead atoms. The van der Waals surface area contributed by atoms with Crippen LogP contribution in [-0.4, -0.2) is 17.6 Å². The summed E-state index contributed by atoms with van der Waals surface area (Å²) in [4.78, 5) is 11.9. The number of fused-ring (bicyclic) bond motifs is 1. The van der Waals surface area contributed by atoms with Crippen molar-refractivity contribution in [2.24, 2.45) is 7.05 Å². The molecule has 0 N–H and O–H groups in total. The lowest BCUT2D eigenvalue weighted by Gasteiger charge is -2.12. The van der Waals surface area contributed by atoms with E-state index < -0.39 is 0 Å². The van der Waals surface area contributed by atoms with Crippen molar-refractivity contribution in [1.29, 1.82) is 0 Å². The second-order valence-corrected chi connectivity index (χ2v) is 4.58. The average Bonchev–Trinajstić information content (AvgIpc) is 2.73. The lowest BCUT2D eigenvalue weighted by atomic mass is 9.94. The van der Waals surface area contributed by atoms with Gasteiger partial charge in [0.2, 0.25) is 0 Å². The summed E-state index contributed by atoms with van der Waals surface area (Å²) in [5, 5.41) is 1.14. The summed E-state index contributed by atoms with van der Waals surface area (Å²) in [6, 6.07) is 8.15. The highest BCUT2D eigenvalue weighted by molar-refractivity contribution is 5.90. The van der Waals surface area contributed by atoms with E-state index in [0.717, 1.165) is 29.3 Å². The first kappa shape index (κ1) is 12.7. The second-order valence-electron chi connectivity index (χ2n) is 4.58. The fourth-order valence-electron chi connectivity index (χ4n) is 2.48. The van der Waals surface area contributed by atoms with Gasteiger partial charge in [-0.05, 0) is 18.1 Å². The molecule has 1 aromatic heterocycles. The van der Waals surface area contributed by atoms with Crippen molar-refractivity contribution < 1.29 is 9.53 Å². The first-order chi connectivity index (χ1) is 8.69. The van der Waals surface area contributed by atoms with Gasteiger partial charge >= 0.3 is 5.97 Å². The van der Waals surface area contributed by atoms with E-state index in [4.69, 9.17) is 4.74 Å². The van der Waals surface area contributed by atoms with E-state index in [9.17, 15) is 4.79 Å². The summed E-state index contributed by atoms with van der Waals surface area (Å²) in [5.41, 5.74) is 2.22. The number of ether oxygens (including phenoxy) is 1. The minimum atomic E-state index is -0.161. The van der Waals surface area contributed by atoms with Crippen molar-refractivity contribution in [1.82, 2.24) is 4.57 Å². The van der Waals surface area contributed by atoms with Crippen molar-refractivity contribution in [3.8, 4) is 0 Å². The van der Waals surface area contributed by atoms with Gasteiger partial charge in [-0.2, -0.15) is 0 Å². The molecule has 0 radical (unpaired) electrons. The van der Waals surface area contributed by atoms with E-state index in [-0.39, 0.29) is 11.9 Å². The molecule has 1 heterocycles. The smallest absolute Gasteiger partial charge is 0.313 e. The van der Waals surface area contributed by atoms with Gasteiger partial charge in [-0.15, -0.1) is 0 Å². The lowest BCUT2D eigenvalue weighted by Crippen LogP contribution is -2.13. The summed E-state index contributed by atoms with van der Waals surface area (Å²) in [7, 11) is 3.46. The van der Waals surface area contributed by atoms with Gasteiger partial charge in [0, 0.05) is 24.1 Å². The maximum atomic E-state index is 11.9. The molecule has 0 aliphatic carbocycles. The van der Waals surface area contributed by atoms with Crippen molar-refractivity contribution in [3.63, 3.8) is 0 Å². The van der Waals surface area contributed by atoms with Crippen molar-refractivity contribution >= 4 is 16.9 Å². The number of aromatic nitrogens is 1. The van der Waals surface area contributed by atoms with Crippen LogP contribution >= 0.6 is 0 Å². The lowest BCUT2D eigenvalue weighted by molar-refractivity contribution is -0.142. The largest absolute Gasteiger partial charge is 0.469 e. The van der Waals surface area contributed by atoms with Crippen molar-refractivity contribution in [2.75, 3.05) is 7.11 Å². The quantitative estimate of drug-likeness (QED) is 0.774. The number of hydrogen-bond donors (Lipinski definition) is 0. The molecule has 0 saturated heterocycles. The van der Waals surface area contributed by atoms with E-state index in [2.05, 4.69) is 23.6 Å². The van der Waals surface area contributed by atoms with Crippen LogP contribution in [0, 0.1) is 0 Å². The van der Waals surface area contributed by atoms with Crippen LogP contribution in [0.4, 0.5) is 0 Å². The van der Waals surface area contributed by atoms with Gasteiger partial charge in [0.05, 0.1) is 13.0 Å². The molecule has 0 fully saturated rings. The standard InChI is InChI=1S/C15H19NO2/c1-4-7-12(15(17)18-3)13-10-16(2)14-9-6-5-8-11(13)14/h5-6,8-10,12H,4,7H2,1-3H3. The molecular weight excluding hydrogens is 226 g/mol. The van der Waals surface area contributed by atoms with Gasteiger partial charge in [-0.3, -0.25) is 4.79 Å². The average molecular weight is 245 g/mol. The molecule has 2 rings (SSSR count). The molecule has 3 heteroatoms. The zero-order chi connectivity index (χ0) is 13.1. The minimum Gasteiger partial charge on any atom is -0.469 e. The van der Waals surface area contributed by atoms with Crippen LogP contribution in [0.5, 0.6) is 0 Å². The molecule has 1 aromatic carbocycles. The van der Waals surface area contributed by atoms with Gasteiger partial charge in [-0.1, -0.05) is 31.5 Å². The van der Waals surface area contributed by atoms with E-state index in [0.29, 0.717) is 0 Å². The Morgan fingerprint density at radius 3 is 2.78 bits per heavy atom. The van der Waals surface area contributed by atoms with Gasteiger partial charge in [0.1, 0.15) is 0 Å². The Kier molecular flexibility index (Phi) is 3.70. The maximum Gasteiger partial charge on any atom is 0.313 e. The highest BCUT2D eigenvalue weighted by Crippen LogP contribution is 2.30. The van der Waals surface area contributed by atoms with Crippen LogP contribution in [0.3, 0.4) is 0 Å². The minimum absolute atomic E-state index is 0.145. The van der Waals surface area contributed by atoms with Crippen LogP contribution in [0.1, 0.15) is 31.2 Å². The molecule has 0 saturated carbocycles. The predicted octanol–water partition coefficient (Wildman–Crippen LogP) is 3.24. The molecule has 2 aromatic rings. The molecule has 3 nitrogen and oxygen atoms in total. The molecule has 1 atom stereocenters. The van der Waals surface area contributed by atoms with E-state index >= 15 is 0 Å². The van der Waals surface area contributed by atoms with Gasteiger partial charge < -0.3 is 9.30 Å². The molecule has 18 heavy (non-hydrogen) atoms. The van der Waals surface area contributed by atoms with Crippen LogP contribution < -0.4 is 0 Å². The Balaban J connectivity index is 2.53. The maximum absolute atomic E-state index is 11.9. The van der Waals surface area contributed by atoms with Gasteiger partial charge in [-0.25, -0.2) is 0 Å². The first-order valence-electron chi connectivity index (χ1n) is 6.30. The summed E-state index contributed by atoms with van der Waals surface area (Å²) < 4.78 is 7.00. The zero-order valence-electron chi connectivity index (χ0n) is 11.1. The molecule has 96 valence electrons. The molecule has 0 amide bonds. The summed E-state index contributed by atoms with van der Waals surface area (Å²) in [5.74, 6) is -0.306. The summed E-state index contributed by atoms with van der Waals surface area (Å²) in [6.45, 7) is 2.08. The molecule has 1 unspecified atom stereocenters. The third-order valence-electron chi connectivity index (χ3n) is 3.37. The highest BCUT2D eigenvalue weighted by Gasteiger charge is 2.23. The summed E-state index contributed by atoms with van der Waals surface area (Å²) >= 11 is 0. The number of carbonyl (C=O) groups is 1. The number of esters is 1. The zero-order valence-corrected chi connectivity index (χ0v) is 11.1. The van der Waals surface area contributed by atoms with Gasteiger partial charge in [0.15, 0.2) is 0 Å². The topological polar surface area (TPSA) is 31.2 Å². The Labute approximate surface area is 107 Å². The molecule has 0 aliphatic heterocycles. The van der Waals surface area contributed by atoms with Crippen LogP contribution in [0.15, 0.2) is 30.5 Å². The molecular formula is C15H19NO2. The Hall–Kier alpha value is -1.77. The van der Waals surface area contributed by atoms with Crippen molar-refractivity contribution in [2.45, 2.75) is 25.7 Å². The normalized spacial score (nSPS) is 12.6. The SMILES string of the molecule is CCCC(C(=O)OC)c1cn(C)c2ccccc12. The second kappa shape index (κ2) is 5.25. The van der Waals surface area contributed by atoms with Crippen LogP contribution in [0.2, 0.25) is 0 Å². The number of rotatable bonds is 4. The van der Waals surface area contributed by atoms with Crippen LogP contribution in [-0.2, 0) is 16.6 Å². The Morgan fingerprint density at radius 2 is 2.11 bits per heavy atom. The number of carbonyl (C=O) groups excluding carboxylic acids is 1. The van der Waals surface area contributed by atoms with E-state index in [1.807, 2.05) is 25.4 Å². The number of para-hydroxylation sites is 1. The fourth-order valence-corrected chi connectivity index (χ4v) is 2.48. The number of benzene rings is 1. The Morgan fingerprint density at radius 1 is 1.39 bits per heavy atom. The Bertz CT molecular complexity index is 557. The monoisotopic (exact) mass is 245 g/mol. The predicted molar refractivity (Wildman–Crippen MR) is 72.6 cm³/mol. The third-order valence-corrected chi connectivity index (χ3v) is 3.37. The number of aryl methyl sites for hydroxylation is 1. The number of nitrogens with zero attached hydrogens (tertiary/aromatic N) is 1. The summed E-state index contributed by atoms with van der Waals surface area (Å²) in [6.07, 6.45) is 3.82. The van der Waals surface area contributed by atoms with Gasteiger partial charge in [0.25, 0.3) is 0 Å². The molecule has 0 aliphatic rings. The van der Waals surface area contributed by atoms with E-state index in [1.165, 1.54) is 7.11 Å². The fraction of sp³-hybridized carbons (Fsp3) is 0.400. The van der Waals surface area contributed by atoms with E-state index in [1.54, 1.807) is 0 Å². The molecule has 0 spiro atoms.